The SMILES string of the molecule is CCNCc1nnnn1-c1cc(Cl)ccc1Br. The van der Waals surface area contributed by atoms with Gasteiger partial charge in [-0.25, -0.2) is 0 Å². The molecule has 90 valence electrons. The first-order valence-corrected chi connectivity index (χ1v) is 6.33. The molecule has 0 aliphatic carbocycles. The second-order valence-electron chi connectivity index (χ2n) is 3.38. The molecule has 2 rings (SSSR count). The quantitative estimate of drug-likeness (QED) is 0.939. The highest BCUT2D eigenvalue weighted by atomic mass is 79.9. The molecule has 5 nitrogen and oxygen atoms in total. The number of halogens is 2. The Morgan fingerprint density at radius 2 is 2.29 bits per heavy atom. The monoisotopic (exact) mass is 315 g/mol. The van der Waals surface area contributed by atoms with E-state index < -0.39 is 0 Å². The lowest BCUT2D eigenvalue weighted by Gasteiger charge is -2.07. The number of tetrazole rings is 1. The fourth-order valence-electron chi connectivity index (χ4n) is 1.39. The van der Waals surface area contributed by atoms with E-state index in [2.05, 4.69) is 36.8 Å². The molecule has 1 aromatic carbocycles. The molecule has 1 aromatic heterocycles. The molecular formula is C10H11BrClN5. The normalized spacial score (nSPS) is 10.8. The predicted molar refractivity (Wildman–Crippen MR) is 69.2 cm³/mol. The van der Waals surface area contributed by atoms with E-state index in [4.69, 9.17) is 11.6 Å². The second-order valence-corrected chi connectivity index (χ2v) is 4.67. The third-order valence-electron chi connectivity index (χ3n) is 2.20. The molecule has 2 aromatic rings. The number of benzene rings is 1. The van der Waals surface area contributed by atoms with E-state index in [-0.39, 0.29) is 0 Å². The van der Waals surface area contributed by atoms with E-state index in [1.807, 2.05) is 25.1 Å². The summed E-state index contributed by atoms with van der Waals surface area (Å²) >= 11 is 9.43. The zero-order valence-corrected chi connectivity index (χ0v) is 11.5. The highest BCUT2D eigenvalue weighted by Crippen LogP contribution is 2.24. The molecule has 17 heavy (non-hydrogen) atoms. The van der Waals surface area contributed by atoms with E-state index in [1.165, 1.54) is 0 Å². The first-order chi connectivity index (χ1) is 8.22. The van der Waals surface area contributed by atoms with Gasteiger partial charge in [-0.05, 0) is 51.1 Å². The molecule has 0 amide bonds. The second kappa shape index (κ2) is 5.57. The highest BCUT2D eigenvalue weighted by molar-refractivity contribution is 9.10. The first-order valence-electron chi connectivity index (χ1n) is 5.15. The van der Waals surface area contributed by atoms with Crippen molar-refractivity contribution in [1.29, 1.82) is 0 Å². The zero-order valence-electron chi connectivity index (χ0n) is 9.19. The van der Waals surface area contributed by atoms with Crippen LogP contribution in [-0.2, 0) is 6.54 Å². The molecule has 0 unspecified atom stereocenters. The topological polar surface area (TPSA) is 55.6 Å². The van der Waals surface area contributed by atoms with Crippen molar-refractivity contribution < 1.29 is 0 Å². The molecule has 0 spiro atoms. The third kappa shape index (κ3) is 2.83. The van der Waals surface area contributed by atoms with Crippen LogP contribution in [0.4, 0.5) is 0 Å². The van der Waals surface area contributed by atoms with Gasteiger partial charge in [-0.1, -0.05) is 18.5 Å². The number of rotatable bonds is 4. The molecule has 0 aliphatic heterocycles. The lowest BCUT2D eigenvalue weighted by atomic mass is 10.3. The molecule has 0 aliphatic rings. The molecule has 1 N–H and O–H groups in total. The Hall–Kier alpha value is -0.980. The van der Waals surface area contributed by atoms with Crippen LogP contribution in [0.1, 0.15) is 12.7 Å². The van der Waals surface area contributed by atoms with Crippen LogP contribution < -0.4 is 5.32 Å². The summed E-state index contributed by atoms with van der Waals surface area (Å²) in [6.45, 7) is 3.51. The van der Waals surface area contributed by atoms with Gasteiger partial charge in [0.2, 0.25) is 0 Å². The predicted octanol–water partition coefficient (Wildman–Crippen LogP) is 2.19. The number of nitrogens with one attached hydrogen (secondary N) is 1. The fraction of sp³-hybridized carbons (Fsp3) is 0.300. The minimum atomic E-state index is 0.614. The summed E-state index contributed by atoms with van der Waals surface area (Å²) in [5.41, 5.74) is 0.829. The molecule has 0 radical (unpaired) electrons. The van der Waals surface area contributed by atoms with Crippen LogP contribution in [-0.4, -0.2) is 26.8 Å². The molecule has 7 heteroatoms. The van der Waals surface area contributed by atoms with Crippen molar-refractivity contribution in [2.24, 2.45) is 0 Å². The van der Waals surface area contributed by atoms with Crippen molar-refractivity contribution in [3.8, 4) is 5.69 Å². The molecule has 0 saturated carbocycles. The molecule has 0 fully saturated rings. The Kier molecular flexibility index (Phi) is 4.09. The number of nitrogens with zero attached hydrogens (tertiary/aromatic N) is 4. The van der Waals surface area contributed by atoms with Crippen molar-refractivity contribution in [2.45, 2.75) is 13.5 Å². The average molecular weight is 317 g/mol. The number of aromatic nitrogens is 4. The maximum absolute atomic E-state index is 5.97. The van der Waals surface area contributed by atoms with E-state index in [9.17, 15) is 0 Å². The van der Waals surface area contributed by atoms with Gasteiger partial charge in [-0.3, -0.25) is 0 Å². The summed E-state index contributed by atoms with van der Waals surface area (Å²) in [5.74, 6) is 0.745. The Morgan fingerprint density at radius 3 is 3.06 bits per heavy atom. The average Bonchev–Trinajstić information content (AvgIpc) is 2.77. The minimum absolute atomic E-state index is 0.614. The van der Waals surface area contributed by atoms with Gasteiger partial charge in [0.05, 0.1) is 12.2 Å². The Labute approximate surface area is 112 Å². The van der Waals surface area contributed by atoms with Crippen LogP contribution in [0.25, 0.3) is 5.69 Å². The van der Waals surface area contributed by atoms with Gasteiger partial charge in [0, 0.05) is 9.50 Å². The van der Waals surface area contributed by atoms with Crippen LogP contribution in [0.3, 0.4) is 0 Å². The Morgan fingerprint density at radius 1 is 1.47 bits per heavy atom. The summed E-state index contributed by atoms with van der Waals surface area (Å²) in [6.07, 6.45) is 0. The Bertz CT molecular complexity index is 513. The minimum Gasteiger partial charge on any atom is -0.310 e. The van der Waals surface area contributed by atoms with Gasteiger partial charge in [0.1, 0.15) is 0 Å². The van der Waals surface area contributed by atoms with Crippen LogP contribution in [0.15, 0.2) is 22.7 Å². The molecular weight excluding hydrogens is 306 g/mol. The zero-order chi connectivity index (χ0) is 12.3. The van der Waals surface area contributed by atoms with Crippen LogP contribution in [0.5, 0.6) is 0 Å². The van der Waals surface area contributed by atoms with Crippen molar-refractivity contribution >= 4 is 27.5 Å². The summed E-state index contributed by atoms with van der Waals surface area (Å²) < 4.78 is 2.56. The Balaban J connectivity index is 2.38. The first kappa shape index (κ1) is 12.5. The van der Waals surface area contributed by atoms with Crippen molar-refractivity contribution in [3.05, 3.63) is 33.5 Å². The smallest absolute Gasteiger partial charge is 0.170 e. The maximum atomic E-state index is 5.97. The standard InChI is InChI=1S/C10H11BrClN5/c1-2-13-6-10-14-15-16-17(10)9-5-7(12)3-4-8(9)11/h3-5,13H,2,6H2,1H3. The van der Waals surface area contributed by atoms with Crippen LogP contribution in [0, 0.1) is 0 Å². The highest BCUT2D eigenvalue weighted by Gasteiger charge is 2.10. The van der Waals surface area contributed by atoms with E-state index in [0.29, 0.717) is 11.6 Å². The van der Waals surface area contributed by atoms with Gasteiger partial charge < -0.3 is 5.32 Å². The molecule has 0 atom stereocenters. The molecule has 0 saturated heterocycles. The largest absolute Gasteiger partial charge is 0.310 e. The molecule has 1 heterocycles. The van der Waals surface area contributed by atoms with Crippen molar-refractivity contribution in [1.82, 2.24) is 25.5 Å². The van der Waals surface area contributed by atoms with E-state index in [0.717, 1.165) is 22.5 Å². The molecule has 0 bridgehead atoms. The number of hydrogen-bond acceptors (Lipinski definition) is 4. The van der Waals surface area contributed by atoms with Gasteiger partial charge in [-0.15, -0.1) is 5.10 Å². The summed E-state index contributed by atoms with van der Waals surface area (Å²) in [4.78, 5) is 0. The van der Waals surface area contributed by atoms with Gasteiger partial charge >= 0.3 is 0 Å². The maximum Gasteiger partial charge on any atom is 0.170 e. The van der Waals surface area contributed by atoms with Gasteiger partial charge in [-0.2, -0.15) is 4.68 Å². The summed E-state index contributed by atoms with van der Waals surface area (Å²) in [7, 11) is 0. The van der Waals surface area contributed by atoms with E-state index >= 15 is 0 Å². The van der Waals surface area contributed by atoms with Gasteiger partial charge in [0.25, 0.3) is 0 Å². The summed E-state index contributed by atoms with van der Waals surface area (Å²) in [5, 5.41) is 15.5. The van der Waals surface area contributed by atoms with Crippen LogP contribution >= 0.6 is 27.5 Å². The third-order valence-corrected chi connectivity index (χ3v) is 3.11. The van der Waals surface area contributed by atoms with Gasteiger partial charge in [0.15, 0.2) is 5.82 Å². The summed E-state index contributed by atoms with van der Waals surface area (Å²) in [6, 6.07) is 5.50. The van der Waals surface area contributed by atoms with Crippen LogP contribution in [0.2, 0.25) is 5.02 Å². The van der Waals surface area contributed by atoms with E-state index in [1.54, 1.807) is 4.68 Å². The number of hydrogen-bond donors (Lipinski definition) is 1. The van der Waals surface area contributed by atoms with Crippen molar-refractivity contribution in [3.63, 3.8) is 0 Å². The van der Waals surface area contributed by atoms with Crippen molar-refractivity contribution in [2.75, 3.05) is 6.54 Å². The lowest BCUT2D eigenvalue weighted by Crippen LogP contribution is -2.16. The lowest BCUT2D eigenvalue weighted by molar-refractivity contribution is 0.663. The fourth-order valence-corrected chi connectivity index (χ4v) is 1.97.